The van der Waals surface area contributed by atoms with Crippen molar-refractivity contribution in [3.8, 4) is 0 Å². The van der Waals surface area contributed by atoms with E-state index in [9.17, 15) is 0 Å². The fourth-order valence-electron chi connectivity index (χ4n) is 3.22. The highest BCUT2D eigenvalue weighted by molar-refractivity contribution is 5.10. The molecule has 0 saturated carbocycles. The van der Waals surface area contributed by atoms with E-state index in [1.165, 1.54) is 56.1 Å². The van der Waals surface area contributed by atoms with E-state index in [1.54, 1.807) is 5.57 Å². The zero-order valence-electron chi connectivity index (χ0n) is 13.5. The predicted octanol–water partition coefficient (Wildman–Crippen LogP) is 5.58. The maximum absolute atomic E-state index is 5.93. The molecule has 2 atom stereocenters. The van der Waals surface area contributed by atoms with Gasteiger partial charge in [0, 0.05) is 6.61 Å². The van der Waals surface area contributed by atoms with Gasteiger partial charge in [-0.3, -0.25) is 0 Å². The van der Waals surface area contributed by atoms with E-state index < -0.39 is 0 Å². The average Bonchev–Trinajstić information content (AvgIpc) is 2.83. The molecule has 20 heavy (non-hydrogen) atoms. The van der Waals surface area contributed by atoms with Crippen LogP contribution in [-0.4, -0.2) is 12.7 Å². The van der Waals surface area contributed by atoms with Gasteiger partial charge in [-0.1, -0.05) is 34.9 Å². The zero-order chi connectivity index (χ0) is 14.4. The van der Waals surface area contributed by atoms with E-state index in [2.05, 4.69) is 39.0 Å². The summed E-state index contributed by atoms with van der Waals surface area (Å²) in [6, 6.07) is 0. The Morgan fingerprint density at radius 1 is 0.850 bits per heavy atom. The fourth-order valence-corrected chi connectivity index (χ4v) is 3.22. The highest BCUT2D eigenvalue weighted by Crippen LogP contribution is 2.29. The Balaban J connectivity index is 2.07. The summed E-state index contributed by atoms with van der Waals surface area (Å²) >= 11 is 0. The summed E-state index contributed by atoms with van der Waals surface area (Å²) < 4.78 is 5.93. The van der Waals surface area contributed by atoms with E-state index in [4.69, 9.17) is 4.74 Å². The van der Waals surface area contributed by atoms with Crippen molar-refractivity contribution in [2.45, 2.75) is 71.8 Å². The van der Waals surface area contributed by atoms with Gasteiger partial charge in [-0.15, -0.1) is 0 Å². The van der Waals surface area contributed by atoms with E-state index in [1.807, 2.05) is 0 Å². The number of hydrogen-bond acceptors (Lipinski definition) is 1. The number of hydrogen-bond donors (Lipinski definition) is 0. The largest absolute Gasteiger partial charge is 0.374 e. The van der Waals surface area contributed by atoms with Gasteiger partial charge in [-0.2, -0.15) is 0 Å². The first-order valence-corrected chi connectivity index (χ1v) is 8.25. The van der Waals surface area contributed by atoms with Crippen LogP contribution in [0.2, 0.25) is 0 Å². The molecule has 1 heteroatoms. The van der Waals surface area contributed by atoms with Crippen molar-refractivity contribution < 1.29 is 4.74 Å². The molecule has 2 unspecified atom stereocenters. The molecule has 0 aromatic carbocycles. The van der Waals surface area contributed by atoms with Gasteiger partial charge in [-0.25, -0.2) is 0 Å². The Morgan fingerprint density at radius 3 is 2.25 bits per heavy atom. The van der Waals surface area contributed by atoms with Crippen LogP contribution in [-0.2, 0) is 4.74 Å². The van der Waals surface area contributed by atoms with Crippen molar-refractivity contribution in [2.75, 3.05) is 6.61 Å². The molecule has 1 aliphatic carbocycles. The Morgan fingerprint density at radius 2 is 1.50 bits per heavy atom. The number of allylic oxidation sites excluding steroid dienone is 5. The highest BCUT2D eigenvalue weighted by Gasteiger charge is 2.26. The second-order valence-electron chi connectivity index (χ2n) is 6.61. The molecule has 1 aliphatic heterocycles. The average molecular weight is 274 g/mol. The predicted molar refractivity (Wildman–Crippen MR) is 86.8 cm³/mol. The summed E-state index contributed by atoms with van der Waals surface area (Å²) in [5.74, 6) is 0.730. The Hall–Kier alpha value is -0.820. The van der Waals surface area contributed by atoms with Crippen LogP contribution in [0.4, 0.5) is 0 Å². The second kappa shape index (κ2) is 7.83. The van der Waals surface area contributed by atoms with Crippen LogP contribution in [0.3, 0.4) is 0 Å². The van der Waals surface area contributed by atoms with Crippen LogP contribution < -0.4 is 0 Å². The topological polar surface area (TPSA) is 9.23 Å². The number of ether oxygens (including phenoxy) is 1. The van der Waals surface area contributed by atoms with Crippen LogP contribution in [0.5, 0.6) is 0 Å². The molecule has 0 radical (unpaired) electrons. The van der Waals surface area contributed by atoms with Gasteiger partial charge < -0.3 is 4.74 Å². The second-order valence-corrected chi connectivity index (χ2v) is 6.61. The van der Waals surface area contributed by atoms with E-state index >= 15 is 0 Å². The molecule has 0 aromatic rings. The van der Waals surface area contributed by atoms with Crippen LogP contribution in [0.25, 0.3) is 0 Å². The molecule has 2 aliphatic rings. The molecule has 1 saturated heterocycles. The first-order chi connectivity index (χ1) is 9.65. The molecule has 0 N–H and O–H groups in total. The highest BCUT2D eigenvalue weighted by atomic mass is 16.5. The standard InChI is InChI=1S/C19H30O/c1-15-6-4-8-16(2)10-11-18-12-13-20-19(18)14-17(3)9-5-7-15/h7-8,14,18-19H,4-6,9-13H2,1-3H3/b15-7+,16-8+,17-14-. The number of rotatable bonds is 0. The minimum Gasteiger partial charge on any atom is -0.374 e. The molecule has 0 amide bonds. The molecule has 0 aromatic heterocycles. The van der Waals surface area contributed by atoms with Gasteiger partial charge in [0.05, 0.1) is 6.10 Å². The van der Waals surface area contributed by atoms with E-state index in [-0.39, 0.29) is 0 Å². The SMILES string of the molecule is C/C1=C/C2OCCC2CC/C(C)=C/CC/C(C)=C/CC1. The maximum Gasteiger partial charge on any atom is 0.0787 e. The third kappa shape index (κ3) is 4.94. The van der Waals surface area contributed by atoms with E-state index in [0.717, 1.165) is 12.5 Å². The van der Waals surface area contributed by atoms with Crippen LogP contribution in [0, 0.1) is 5.92 Å². The van der Waals surface area contributed by atoms with Crippen LogP contribution in [0.15, 0.2) is 34.9 Å². The molecule has 1 fully saturated rings. The van der Waals surface area contributed by atoms with Crippen molar-refractivity contribution in [1.82, 2.24) is 0 Å². The molecule has 0 bridgehead atoms. The first kappa shape index (κ1) is 15.6. The fraction of sp³-hybridized carbons (Fsp3) is 0.684. The smallest absolute Gasteiger partial charge is 0.0787 e. The van der Waals surface area contributed by atoms with Gasteiger partial charge in [0.25, 0.3) is 0 Å². The third-order valence-corrected chi connectivity index (χ3v) is 4.68. The third-order valence-electron chi connectivity index (χ3n) is 4.68. The monoisotopic (exact) mass is 274 g/mol. The van der Waals surface area contributed by atoms with E-state index in [0.29, 0.717) is 6.10 Å². The molecular formula is C19H30O. The van der Waals surface area contributed by atoms with Gasteiger partial charge >= 0.3 is 0 Å². The molecule has 1 heterocycles. The van der Waals surface area contributed by atoms with Gasteiger partial charge in [-0.05, 0) is 71.6 Å². The lowest BCUT2D eigenvalue weighted by atomic mass is 9.91. The zero-order valence-corrected chi connectivity index (χ0v) is 13.5. The Kier molecular flexibility index (Phi) is 6.09. The number of fused-ring (bicyclic) bond motifs is 1. The quantitative estimate of drug-likeness (QED) is 0.524. The summed E-state index contributed by atoms with van der Waals surface area (Å²) in [6.07, 6.45) is 16.2. The summed E-state index contributed by atoms with van der Waals surface area (Å²) in [6.45, 7) is 7.76. The first-order valence-electron chi connectivity index (χ1n) is 8.25. The lowest BCUT2D eigenvalue weighted by Crippen LogP contribution is -2.13. The Labute approximate surface area is 124 Å². The summed E-state index contributed by atoms with van der Waals surface area (Å²) in [5.41, 5.74) is 4.59. The van der Waals surface area contributed by atoms with Gasteiger partial charge in [0.15, 0.2) is 0 Å². The summed E-state index contributed by atoms with van der Waals surface area (Å²) in [5, 5.41) is 0. The Bertz CT molecular complexity index is 400. The lowest BCUT2D eigenvalue weighted by Gasteiger charge is -2.17. The van der Waals surface area contributed by atoms with Crippen LogP contribution in [0.1, 0.15) is 65.7 Å². The van der Waals surface area contributed by atoms with Gasteiger partial charge in [0.1, 0.15) is 0 Å². The van der Waals surface area contributed by atoms with Crippen molar-refractivity contribution in [2.24, 2.45) is 5.92 Å². The molecule has 0 spiro atoms. The van der Waals surface area contributed by atoms with Crippen molar-refractivity contribution >= 4 is 0 Å². The maximum atomic E-state index is 5.93. The molecule has 112 valence electrons. The summed E-state index contributed by atoms with van der Waals surface area (Å²) in [4.78, 5) is 0. The van der Waals surface area contributed by atoms with Crippen molar-refractivity contribution in [3.63, 3.8) is 0 Å². The molecule has 2 rings (SSSR count). The van der Waals surface area contributed by atoms with Crippen molar-refractivity contribution in [3.05, 3.63) is 34.9 Å². The normalized spacial score (nSPS) is 37.6. The van der Waals surface area contributed by atoms with Crippen molar-refractivity contribution in [1.29, 1.82) is 0 Å². The lowest BCUT2D eigenvalue weighted by molar-refractivity contribution is 0.125. The summed E-state index contributed by atoms with van der Waals surface area (Å²) in [7, 11) is 0. The van der Waals surface area contributed by atoms with Gasteiger partial charge in [0.2, 0.25) is 0 Å². The minimum absolute atomic E-state index is 0.371. The molecule has 1 nitrogen and oxygen atoms in total. The molecular weight excluding hydrogens is 244 g/mol. The van der Waals surface area contributed by atoms with Crippen LogP contribution >= 0.6 is 0 Å². The minimum atomic E-state index is 0.371.